The molecule has 0 saturated heterocycles. The molecule has 3 aromatic heterocycles. The molecule has 0 amide bonds. The Morgan fingerprint density at radius 3 is 2.59 bits per heavy atom. The average molecular weight is 387 g/mol. The molecule has 29 heavy (non-hydrogen) atoms. The minimum absolute atomic E-state index is 0.546. The third kappa shape index (κ3) is 2.98. The molecule has 5 rings (SSSR count). The number of fused-ring (bicyclic) bond motifs is 2. The number of nitrogens with zero attached hydrogens (tertiary/aromatic N) is 4. The highest BCUT2D eigenvalue weighted by Crippen LogP contribution is 2.33. The molecule has 0 aliphatic heterocycles. The van der Waals surface area contributed by atoms with Crippen molar-refractivity contribution in [3.8, 4) is 22.9 Å². The van der Waals surface area contributed by atoms with Crippen LogP contribution in [0.2, 0.25) is 0 Å². The van der Waals surface area contributed by atoms with Crippen molar-refractivity contribution in [2.45, 2.75) is 0 Å². The van der Waals surface area contributed by atoms with Crippen LogP contribution in [0.15, 0.2) is 48.8 Å². The van der Waals surface area contributed by atoms with Gasteiger partial charge >= 0.3 is 0 Å². The molecule has 9 nitrogen and oxygen atoms in total. The highest BCUT2D eigenvalue weighted by atomic mass is 16.5. The van der Waals surface area contributed by atoms with Crippen molar-refractivity contribution in [2.24, 2.45) is 0 Å². The summed E-state index contributed by atoms with van der Waals surface area (Å²) in [6.45, 7) is 0. The predicted octanol–water partition coefficient (Wildman–Crippen LogP) is 3.66. The molecule has 0 radical (unpaired) electrons. The Hall–Kier alpha value is -4.14. The summed E-state index contributed by atoms with van der Waals surface area (Å²) in [4.78, 5) is 9.34. The number of methoxy groups -OCH3 is 2. The van der Waals surface area contributed by atoms with E-state index in [4.69, 9.17) is 14.5 Å². The van der Waals surface area contributed by atoms with Crippen LogP contribution in [0, 0.1) is 0 Å². The van der Waals surface area contributed by atoms with Crippen LogP contribution in [0.3, 0.4) is 0 Å². The molecule has 0 fully saturated rings. The van der Waals surface area contributed by atoms with Crippen LogP contribution in [0.4, 0.5) is 11.5 Å². The van der Waals surface area contributed by atoms with E-state index in [-0.39, 0.29) is 0 Å². The SMILES string of the molecule is COc1ccc(-c2nc(Nc3ccc4cn[nH]c4c3)c3[nH]ncc3n2)cc1OC. The van der Waals surface area contributed by atoms with E-state index in [0.29, 0.717) is 28.7 Å². The Kier molecular flexibility index (Phi) is 3.98. The van der Waals surface area contributed by atoms with Gasteiger partial charge in [-0.05, 0) is 36.4 Å². The second kappa shape index (κ2) is 6.79. The molecule has 5 aromatic rings. The van der Waals surface area contributed by atoms with Gasteiger partial charge in [-0.25, -0.2) is 9.97 Å². The number of benzene rings is 2. The number of ether oxygens (including phenoxy) is 2. The van der Waals surface area contributed by atoms with E-state index in [9.17, 15) is 0 Å². The number of nitrogens with one attached hydrogen (secondary N) is 3. The Morgan fingerprint density at radius 1 is 0.862 bits per heavy atom. The number of hydrogen-bond donors (Lipinski definition) is 3. The molecule has 3 N–H and O–H groups in total. The van der Waals surface area contributed by atoms with Gasteiger partial charge in [-0.3, -0.25) is 10.2 Å². The number of aromatic amines is 2. The molecule has 144 valence electrons. The maximum absolute atomic E-state index is 5.41. The first-order chi connectivity index (χ1) is 14.2. The molecular weight excluding hydrogens is 370 g/mol. The molecule has 2 aromatic carbocycles. The van der Waals surface area contributed by atoms with Crippen molar-refractivity contribution in [3.63, 3.8) is 0 Å². The molecule has 0 bridgehead atoms. The lowest BCUT2D eigenvalue weighted by molar-refractivity contribution is 0.355. The third-order valence-electron chi connectivity index (χ3n) is 4.65. The summed E-state index contributed by atoms with van der Waals surface area (Å²) in [6.07, 6.45) is 3.45. The van der Waals surface area contributed by atoms with Gasteiger partial charge in [-0.2, -0.15) is 10.2 Å². The number of anilines is 2. The Balaban J connectivity index is 1.59. The van der Waals surface area contributed by atoms with Gasteiger partial charge in [0.05, 0.1) is 32.1 Å². The normalized spacial score (nSPS) is 11.1. The van der Waals surface area contributed by atoms with Crippen LogP contribution >= 0.6 is 0 Å². The lowest BCUT2D eigenvalue weighted by Crippen LogP contribution is -1.99. The van der Waals surface area contributed by atoms with Crippen LogP contribution in [0.25, 0.3) is 33.3 Å². The minimum atomic E-state index is 0.546. The second-order valence-electron chi connectivity index (χ2n) is 6.39. The second-order valence-corrected chi connectivity index (χ2v) is 6.39. The maximum Gasteiger partial charge on any atom is 0.162 e. The molecule has 0 aliphatic rings. The van der Waals surface area contributed by atoms with Crippen molar-refractivity contribution < 1.29 is 9.47 Å². The van der Waals surface area contributed by atoms with E-state index >= 15 is 0 Å². The Bertz CT molecular complexity index is 1330. The van der Waals surface area contributed by atoms with E-state index in [1.54, 1.807) is 26.6 Å². The summed E-state index contributed by atoms with van der Waals surface area (Å²) in [5.41, 5.74) is 4.03. The summed E-state index contributed by atoms with van der Waals surface area (Å²) in [7, 11) is 3.20. The van der Waals surface area contributed by atoms with E-state index in [2.05, 4.69) is 30.7 Å². The van der Waals surface area contributed by atoms with E-state index in [1.165, 1.54) is 0 Å². The monoisotopic (exact) mass is 387 g/mol. The van der Waals surface area contributed by atoms with Crippen LogP contribution in [0.5, 0.6) is 11.5 Å². The molecule has 0 saturated carbocycles. The molecular formula is C20H17N7O2. The zero-order valence-electron chi connectivity index (χ0n) is 15.7. The number of rotatable bonds is 5. The molecule has 0 unspecified atom stereocenters. The zero-order chi connectivity index (χ0) is 19.8. The molecule has 0 spiro atoms. The standard InChI is InChI=1S/C20H17N7O2/c1-28-16-6-4-11(7-17(16)29-2)19-24-15-10-22-27-18(15)20(25-19)23-13-5-3-12-9-21-26-14(12)8-13/h3-10H,1-2H3,(H,21,26)(H,22,27)(H,23,24,25). The van der Waals surface area contributed by atoms with Gasteiger partial charge in [0.1, 0.15) is 11.0 Å². The lowest BCUT2D eigenvalue weighted by atomic mass is 10.2. The quantitative estimate of drug-likeness (QED) is 0.422. The summed E-state index contributed by atoms with van der Waals surface area (Å²) >= 11 is 0. The third-order valence-corrected chi connectivity index (χ3v) is 4.65. The first-order valence-electron chi connectivity index (χ1n) is 8.89. The van der Waals surface area contributed by atoms with Gasteiger partial charge in [-0.15, -0.1) is 0 Å². The van der Waals surface area contributed by atoms with Crippen molar-refractivity contribution in [2.75, 3.05) is 19.5 Å². The predicted molar refractivity (Wildman–Crippen MR) is 110 cm³/mol. The lowest BCUT2D eigenvalue weighted by Gasteiger charge is -2.11. The fraction of sp³-hybridized carbons (Fsp3) is 0.100. The van der Waals surface area contributed by atoms with E-state index < -0.39 is 0 Å². The molecule has 0 aliphatic carbocycles. The number of H-pyrrole nitrogens is 2. The fourth-order valence-corrected chi connectivity index (χ4v) is 3.19. The fourth-order valence-electron chi connectivity index (χ4n) is 3.19. The highest BCUT2D eigenvalue weighted by molar-refractivity contribution is 5.90. The maximum atomic E-state index is 5.41. The average Bonchev–Trinajstić information content (AvgIpc) is 3.42. The Labute approximate surface area is 165 Å². The van der Waals surface area contributed by atoms with Crippen LogP contribution in [-0.4, -0.2) is 44.6 Å². The van der Waals surface area contributed by atoms with Gasteiger partial charge < -0.3 is 14.8 Å². The van der Waals surface area contributed by atoms with E-state index in [1.807, 2.05) is 36.4 Å². The van der Waals surface area contributed by atoms with Crippen LogP contribution in [0.1, 0.15) is 0 Å². The first-order valence-corrected chi connectivity index (χ1v) is 8.89. The van der Waals surface area contributed by atoms with Crippen LogP contribution < -0.4 is 14.8 Å². The topological polar surface area (TPSA) is 114 Å². The summed E-state index contributed by atoms with van der Waals surface area (Å²) in [5.74, 6) is 2.42. The van der Waals surface area contributed by atoms with E-state index in [0.717, 1.165) is 27.7 Å². The van der Waals surface area contributed by atoms with Gasteiger partial charge in [0.15, 0.2) is 23.1 Å². The smallest absolute Gasteiger partial charge is 0.162 e. The van der Waals surface area contributed by atoms with Crippen molar-refractivity contribution >= 4 is 33.4 Å². The van der Waals surface area contributed by atoms with Crippen molar-refractivity contribution in [1.29, 1.82) is 0 Å². The van der Waals surface area contributed by atoms with Gasteiger partial charge in [0.25, 0.3) is 0 Å². The highest BCUT2D eigenvalue weighted by Gasteiger charge is 2.14. The number of aromatic nitrogens is 6. The van der Waals surface area contributed by atoms with Gasteiger partial charge in [0.2, 0.25) is 0 Å². The first kappa shape index (κ1) is 17.0. The van der Waals surface area contributed by atoms with Crippen molar-refractivity contribution in [1.82, 2.24) is 30.4 Å². The molecule has 0 atom stereocenters. The van der Waals surface area contributed by atoms with Crippen molar-refractivity contribution in [3.05, 3.63) is 48.8 Å². The Morgan fingerprint density at radius 2 is 1.72 bits per heavy atom. The van der Waals surface area contributed by atoms with Gasteiger partial charge in [-0.1, -0.05) is 0 Å². The summed E-state index contributed by atoms with van der Waals surface area (Å²) in [6, 6.07) is 11.5. The summed E-state index contributed by atoms with van der Waals surface area (Å²) in [5, 5.41) is 18.5. The van der Waals surface area contributed by atoms with Gasteiger partial charge in [0, 0.05) is 16.6 Å². The molecule has 9 heteroatoms. The zero-order valence-corrected chi connectivity index (χ0v) is 15.7. The number of hydrogen-bond acceptors (Lipinski definition) is 7. The largest absolute Gasteiger partial charge is 0.493 e. The minimum Gasteiger partial charge on any atom is -0.493 e. The summed E-state index contributed by atoms with van der Waals surface area (Å²) < 4.78 is 10.7. The molecule has 3 heterocycles. The van der Waals surface area contributed by atoms with Crippen LogP contribution in [-0.2, 0) is 0 Å².